The van der Waals surface area contributed by atoms with Crippen LogP contribution in [-0.4, -0.2) is 42.2 Å². The smallest absolute Gasteiger partial charge is 0.251 e. The van der Waals surface area contributed by atoms with Gasteiger partial charge in [-0.25, -0.2) is 0 Å². The first-order valence-electron chi connectivity index (χ1n) is 6.04. The molecule has 1 rings (SSSR count). The van der Waals surface area contributed by atoms with Crippen LogP contribution < -0.4 is 16.4 Å². The zero-order chi connectivity index (χ0) is 14.3. The molecule has 19 heavy (non-hydrogen) atoms. The predicted molar refractivity (Wildman–Crippen MR) is 71.4 cm³/mol. The Morgan fingerprint density at radius 2 is 1.89 bits per heavy atom. The number of carbonyl (C=O) groups excluding carboxylic acids is 2. The fraction of sp³-hybridized carbons (Fsp3) is 0.385. The van der Waals surface area contributed by atoms with Crippen LogP contribution in [0.2, 0.25) is 0 Å². The summed E-state index contributed by atoms with van der Waals surface area (Å²) in [4.78, 5) is 23.1. The summed E-state index contributed by atoms with van der Waals surface area (Å²) in [7, 11) is 0. The molecule has 0 radical (unpaired) electrons. The van der Waals surface area contributed by atoms with Crippen molar-refractivity contribution >= 4 is 11.8 Å². The molecule has 2 amide bonds. The lowest BCUT2D eigenvalue weighted by Gasteiger charge is -2.15. The number of aliphatic hydroxyl groups is 1. The van der Waals surface area contributed by atoms with Crippen molar-refractivity contribution in [2.45, 2.75) is 19.1 Å². The summed E-state index contributed by atoms with van der Waals surface area (Å²) in [6, 6.07) is 8.11. The number of hydrogen-bond acceptors (Lipinski definition) is 4. The summed E-state index contributed by atoms with van der Waals surface area (Å²) in [6.45, 7) is 1.59. The molecule has 0 saturated carbocycles. The molecule has 6 nitrogen and oxygen atoms in total. The van der Waals surface area contributed by atoms with Gasteiger partial charge in [0.05, 0.1) is 12.6 Å². The van der Waals surface area contributed by atoms with Crippen LogP contribution in [-0.2, 0) is 4.79 Å². The van der Waals surface area contributed by atoms with E-state index >= 15 is 0 Å². The summed E-state index contributed by atoms with van der Waals surface area (Å²) in [6.07, 6.45) is -0.695. The zero-order valence-corrected chi connectivity index (χ0v) is 10.8. The number of nitrogens with one attached hydrogen (secondary N) is 2. The van der Waals surface area contributed by atoms with Crippen LogP contribution in [0.1, 0.15) is 17.3 Å². The van der Waals surface area contributed by atoms with Crippen molar-refractivity contribution in [2.24, 2.45) is 5.73 Å². The normalized spacial score (nSPS) is 13.4. The van der Waals surface area contributed by atoms with E-state index < -0.39 is 12.1 Å². The Morgan fingerprint density at radius 1 is 1.26 bits per heavy atom. The van der Waals surface area contributed by atoms with Crippen LogP contribution in [0.15, 0.2) is 30.3 Å². The van der Waals surface area contributed by atoms with Crippen molar-refractivity contribution in [3.8, 4) is 0 Å². The maximum Gasteiger partial charge on any atom is 0.251 e. The molecule has 0 aliphatic rings. The second-order valence-electron chi connectivity index (χ2n) is 4.26. The van der Waals surface area contributed by atoms with E-state index in [0.717, 1.165) is 0 Å². The number of nitrogens with two attached hydrogens (primary N) is 1. The Balaban J connectivity index is 2.29. The summed E-state index contributed by atoms with van der Waals surface area (Å²) in [5.74, 6) is -0.657. The van der Waals surface area contributed by atoms with Crippen molar-refractivity contribution in [3.05, 3.63) is 35.9 Å². The molecule has 6 heteroatoms. The first-order valence-corrected chi connectivity index (χ1v) is 6.04. The molecular formula is C13H19N3O3. The van der Waals surface area contributed by atoms with Crippen molar-refractivity contribution < 1.29 is 14.7 Å². The Hall–Kier alpha value is -1.92. The van der Waals surface area contributed by atoms with Gasteiger partial charge in [-0.3, -0.25) is 9.59 Å². The summed E-state index contributed by atoms with van der Waals surface area (Å²) >= 11 is 0. The maximum atomic E-state index is 11.6. The van der Waals surface area contributed by atoms with Gasteiger partial charge >= 0.3 is 0 Å². The van der Waals surface area contributed by atoms with Gasteiger partial charge < -0.3 is 21.5 Å². The number of rotatable bonds is 6. The molecule has 0 aliphatic heterocycles. The highest BCUT2D eigenvalue weighted by Crippen LogP contribution is 1.97. The minimum atomic E-state index is -0.695. The fourth-order valence-electron chi connectivity index (χ4n) is 1.32. The molecule has 2 unspecified atom stereocenters. The van der Waals surface area contributed by atoms with Gasteiger partial charge in [0.25, 0.3) is 5.91 Å². The highest BCUT2D eigenvalue weighted by atomic mass is 16.3. The number of aliphatic hydroxyl groups excluding tert-OH is 1. The minimum absolute atomic E-state index is 0.125. The topological polar surface area (TPSA) is 104 Å². The van der Waals surface area contributed by atoms with Crippen molar-refractivity contribution in [3.63, 3.8) is 0 Å². The van der Waals surface area contributed by atoms with E-state index in [1.54, 1.807) is 37.3 Å². The van der Waals surface area contributed by atoms with E-state index in [2.05, 4.69) is 10.6 Å². The van der Waals surface area contributed by atoms with Gasteiger partial charge in [-0.2, -0.15) is 0 Å². The predicted octanol–water partition coefficient (Wildman–Crippen LogP) is -0.759. The lowest BCUT2D eigenvalue weighted by Crippen LogP contribution is -2.46. The number of hydrogen-bond donors (Lipinski definition) is 4. The van der Waals surface area contributed by atoms with Crippen molar-refractivity contribution in [1.82, 2.24) is 10.6 Å². The lowest BCUT2D eigenvalue weighted by atomic mass is 10.2. The van der Waals surface area contributed by atoms with Gasteiger partial charge in [-0.05, 0) is 19.1 Å². The van der Waals surface area contributed by atoms with Crippen molar-refractivity contribution in [2.75, 3.05) is 13.1 Å². The van der Waals surface area contributed by atoms with E-state index in [-0.39, 0.29) is 24.9 Å². The molecule has 0 spiro atoms. The third-order valence-electron chi connectivity index (χ3n) is 2.60. The summed E-state index contributed by atoms with van der Waals surface area (Å²) in [5.41, 5.74) is 6.06. The monoisotopic (exact) mass is 265 g/mol. The zero-order valence-electron chi connectivity index (χ0n) is 10.8. The van der Waals surface area contributed by atoms with Crippen molar-refractivity contribution in [1.29, 1.82) is 0 Å². The van der Waals surface area contributed by atoms with Gasteiger partial charge in [0.2, 0.25) is 5.91 Å². The van der Waals surface area contributed by atoms with Crippen LogP contribution in [0.3, 0.4) is 0 Å². The third-order valence-corrected chi connectivity index (χ3v) is 2.60. The van der Waals surface area contributed by atoms with E-state index in [1.807, 2.05) is 0 Å². The molecular weight excluding hydrogens is 246 g/mol. The summed E-state index contributed by atoms with van der Waals surface area (Å²) in [5, 5.41) is 14.2. The Kier molecular flexibility index (Phi) is 5.98. The molecule has 0 fully saturated rings. The van der Waals surface area contributed by atoms with E-state index in [0.29, 0.717) is 5.56 Å². The first kappa shape index (κ1) is 15.1. The average molecular weight is 265 g/mol. The van der Waals surface area contributed by atoms with Gasteiger partial charge in [-0.1, -0.05) is 18.2 Å². The third kappa shape index (κ3) is 5.50. The SMILES string of the molecule is CC(O)C(N)CNC(=O)CNC(=O)c1ccccc1. The van der Waals surface area contributed by atoms with Crippen LogP contribution in [0, 0.1) is 0 Å². The molecule has 0 saturated heterocycles. The van der Waals surface area contributed by atoms with Crippen LogP contribution in [0.25, 0.3) is 0 Å². The van der Waals surface area contributed by atoms with E-state index in [4.69, 9.17) is 10.8 Å². The highest BCUT2D eigenvalue weighted by Gasteiger charge is 2.11. The Labute approximate surface area is 112 Å². The van der Waals surface area contributed by atoms with Gasteiger partial charge in [0.15, 0.2) is 0 Å². The second-order valence-corrected chi connectivity index (χ2v) is 4.26. The summed E-state index contributed by atoms with van der Waals surface area (Å²) < 4.78 is 0. The molecule has 2 atom stereocenters. The molecule has 0 aromatic heterocycles. The Bertz CT molecular complexity index is 420. The molecule has 1 aromatic carbocycles. The largest absolute Gasteiger partial charge is 0.392 e. The lowest BCUT2D eigenvalue weighted by molar-refractivity contribution is -0.120. The molecule has 5 N–H and O–H groups in total. The number of carbonyl (C=O) groups is 2. The fourth-order valence-corrected chi connectivity index (χ4v) is 1.32. The molecule has 104 valence electrons. The highest BCUT2D eigenvalue weighted by molar-refractivity contribution is 5.96. The van der Waals surface area contributed by atoms with Crippen LogP contribution >= 0.6 is 0 Å². The molecule has 1 aromatic rings. The molecule has 0 heterocycles. The maximum absolute atomic E-state index is 11.6. The van der Waals surface area contributed by atoms with E-state index in [9.17, 15) is 9.59 Å². The molecule has 0 bridgehead atoms. The second kappa shape index (κ2) is 7.50. The number of amides is 2. The first-order chi connectivity index (χ1) is 9.00. The molecule has 0 aliphatic carbocycles. The minimum Gasteiger partial charge on any atom is -0.392 e. The van der Waals surface area contributed by atoms with Gasteiger partial charge in [0.1, 0.15) is 0 Å². The van der Waals surface area contributed by atoms with Gasteiger partial charge in [-0.15, -0.1) is 0 Å². The van der Waals surface area contributed by atoms with Crippen LogP contribution in [0.4, 0.5) is 0 Å². The average Bonchev–Trinajstić information content (AvgIpc) is 2.42. The van der Waals surface area contributed by atoms with Gasteiger partial charge in [0, 0.05) is 18.2 Å². The standard InChI is InChI=1S/C13H19N3O3/c1-9(17)11(14)7-15-12(18)8-16-13(19)10-5-3-2-4-6-10/h2-6,9,11,17H,7-8,14H2,1H3,(H,15,18)(H,16,19). The van der Waals surface area contributed by atoms with Crippen LogP contribution in [0.5, 0.6) is 0 Å². The van der Waals surface area contributed by atoms with E-state index in [1.165, 1.54) is 0 Å². The quantitative estimate of drug-likeness (QED) is 0.542. The number of benzene rings is 1. The Morgan fingerprint density at radius 3 is 2.47 bits per heavy atom.